The van der Waals surface area contributed by atoms with E-state index in [1.165, 1.54) is 18.2 Å². The first-order chi connectivity index (χ1) is 8.13. The van der Waals surface area contributed by atoms with Crippen LogP contribution in [0.25, 0.3) is 0 Å². The topological polar surface area (TPSA) is 66.4 Å². The van der Waals surface area contributed by atoms with Crippen LogP contribution in [0.2, 0.25) is 0 Å². The molecule has 1 aromatic carbocycles. The molecule has 1 aromatic rings. The monoisotopic (exact) mass is 259 g/mol. The molecule has 94 valence electrons. The largest absolute Gasteiger partial charge is 0.396 e. The van der Waals surface area contributed by atoms with E-state index in [-0.39, 0.29) is 23.8 Å². The number of halogens is 1. The molecule has 1 amide bonds. The summed E-state index contributed by atoms with van der Waals surface area (Å²) in [7, 11) is -1.32. The summed E-state index contributed by atoms with van der Waals surface area (Å²) in [5.74, 6) is -0.941. The summed E-state index contributed by atoms with van der Waals surface area (Å²) in [6.45, 7) is -0.0549. The third-order valence-electron chi connectivity index (χ3n) is 1.97. The lowest BCUT2D eigenvalue weighted by atomic mass is 10.3. The second-order valence-corrected chi connectivity index (χ2v) is 4.97. The van der Waals surface area contributed by atoms with Crippen LogP contribution in [0.1, 0.15) is 6.42 Å². The van der Waals surface area contributed by atoms with Crippen LogP contribution < -0.4 is 5.32 Å². The SMILES string of the molecule is O=C(CS(=O)CCCO)Nc1ccccc1F. The van der Waals surface area contributed by atoms with Crippen molar-refractivity contribution in [2.75, 3.05) is 23.4 Å². The van der Waals surface area contributed by atoms with Crippen LogP contribution in [-0.4, -0.2) is 33.3 Å². The third-order valence-corrected chi connectivity index (χ3v) is 3.30. The van der Waals surface area contributed by atoms with Gasteiger partial charge in [-0.25, -0.2) is 4.39 Å². The van der Waals surface area contributed by atoms with E-state index in [1.54, 1.807) is 6.07 Å². The zero-order valence-corrected chi connectivity index (χ0v) is 10.0. The normalized spacial score (nSPS) is 12.1. The fourth-order valence-electron chi connectivity index (χ4n) is 1.19. The van der Waals surface area contributed by atoms with Crippen molar-refractivity contribution >= 4 is 22.4 Å². The molecule has 1 rings (SSSR count). The average molecular weight is 259 g/mol. The van der Waals surface area contributed by atoms with Gasteiger partial charge in [-0.2, -0.15) is 0 Å². The Morgan fingerprint density at radius 3 is 2.76 bits per heavy atom. The van der Waals surface area contributed by atoms with Gasteiger partial charge in [-0.15, -0.1) is 0 Å². The van der Waals surface area contributed by atoms with E-state index in [4.69, 9.17) is 5.11 Å². The summed E-state index contributed by atoms with van der Waals surface area (Å²) >= 11 is 0. The summed E-state index contributed by atoms with van der Waals surface area (Å²) in [6.07, 6.45) is 0.388. The van der Waals surface area contributed by atoms with Crippen LogP contribution in [0.3, 0.4) is 0 Å². The van der Waals surface area contributed by atoms with Crippen LogP contribution in [-0.2, 0) is 15.6 Å². The molecule has 0 aliphatic rings. The van der Waals surface area contributed by atoms with Gasteiger partial charge in [0.15, 0.2) is 0 Å². The fourth-order valence-corrected chi connectivity index (χ4v) is 2.15. The van der Waals surface area contributed by atoms with E-state index in [9.17, 15) is 13.4 Å². The number of rotatable bonds is 6. The molecule has 0 spiro atoms. The van der Waals surface area contributed by atoms with Crippen molar-refractivity contribution in [3.8, 4) is 0 Å². The zero-order valence-electron chi connectivity index (χ0n) is 9.19. The van der Waals surface area contributed by atoms with Gasteiger partial charge in [0, 0.05) is 23.2 Å². The lowest BCUT2D eigenvalue weighted by Gasteiger charge is -2.05. The molecule has 1 atom stereocenters. The first-order valence-corrected chi connectivity index (χ1v) is 6.62. The highest BCUT2D eigenvalue weighted by Gasteiger charge is 2.09. The number of benzene rings is 1. The van der Waals surface area contributed by atoms with Crippen molar-refractivity contribution in [3.05, 3.63) is 30.1 Å². The number of amides is 1. The number of para-hydroxylation sites is 1. The highest BCUT2D eigenvalue weighted by molar-refractivity contribution is 7.85. The van der Waals surface area contributed by atoms with E-state index in [2.05, 4.69) is 5.32 Å². The smallest absolute Gasteiger partial charge is 0.237 e. The Morgan fingerprint density at radius 1 is 1.41 bits per heavy atom. The Balaban J connectivity index is 2.45. The highest BCUT2D eigenvalue weighted by Crippen LogP contribution is 2.12. The molecular formula is C11H14FNO3S. The minimum absolute atomic E-state index is 0.0549. The van der Waals surface area contributed by atoms with Crippen LogP contribution in [0, 0.1) is 5.82 Å². The molecule has 0 radical (unpaired) electrons. The molecule has 0 heterocycles. The van der Waals surface area contributed by atoms with E-state index < -0.39 is 22.5 Å². The number of anilines is 1. The molecule has 0 saturated heterocycles. The Labute approximate surface area is 101 Å². The fraction of sp³-hybridized carbons (Fsp3) is 0.364. The molecule has 2 N–H and O–H groups in total. The lowest BCUT2D eigenvalue weighted by molar-refractivity contribution is -0.113. The van der Waals surface area contributed by atoms with Crippen molar-refractivity contribution in [2.24, 2.45) is 0 Å². The summed E-state index contributed by atoms with van der Waals surface area (Å²) in [5, 5.41) is 10.9. The van der Waals surface area contributed by atoms with Crippen LogP contribution >= 0.6 is 0 Å². The standard InChI is InChI=1S/C11H14FNO3S/c12-9-4-1-2-5-10(9)13-11(15)8-17(16)7-3-6-14/h1-2,4-5,14H,3,6-8H2,(H,13,15). The van der Waals surface area contributed by atoms with Crippen molar-refractivity contribution in [3.63, 3.8) is 0 Å². The van der Waals surface area contributed by atoms with Crippen molar-refractivity contribution in [1.29, 1.82) is 0 Å². The molecule has 0 aromatic heterocycles. The number of carbonyl (C=O) groups excluding carboxylic acids is 1. The minimum Gasteiger partial charge on any atom is -0.396 e. The summed E-state index contributed by atoms with van der Waals surface area (Å²) in [6, 6.07) is 5.79. The molecule has 0 bridgehead atoms. The van der Waals surface area contributed by atoms with Gasteiger partial charge in [-0.3, -0.25) is 9.00 Å². The van der Waals surface area contributed by atoms with Gasteiger partial charge >= 0.3 is 0 Å². The minimum atomic E-state index is -1.32. The Kier molecular flexibility index (Phi) is 5.79. The van der Waals surface area contributed by atoms with Crippen LogP contribution in [0.5, 0.6) is 0 Å². The molecule has 1 unspecified atom stereocenters. The van der Waals surface area contributed by atoms with Gasteiger partial charge in [0.1, 0.15) is 11.6 Å². The van der Waals surface area contributed by atoms with Gasteiger partial charge < -0.3 is 10.4 Å². The summed E-state index contributed by atoms with van der Waals surface area (Å²) in [4.78, 5) is 11.4. The number of aliphatic hydroxyl groups excluding tert-OH is 1. The van der Waals surface area contributed by atoms with E-state index in [0.717, 1.165) is 0 Å². The maximum absolute atomic E-state index is 13.2. The molecule has 0 aliphatic carbocycles. The number of hydrogen-bond donors (Lipinski definition) is 2. The molecule has 4 nitrogen and oxygen atoms in total. The lowest BCUT2D eigenvalue weighted by Crippen LogP contribution is -2.21. The third kappa shape index (κ3) is 5.06. The van der Waals surface area contributed by atoms with Crippen molar-refractivity contribution in [2.45, 2.75) is 6.42 Å². The highest BCUT2D eigenvalue weighted by atomic mass is 32.2. The van der Waals surface area contributed by atoms with Gasteiger partial charge in [0.05, 0.1) is 5.69 Å². The summed E-state index contributed by atoms with van der Waals surface area (Å²) < 4.78 is 24.5. The second kappa shape index (κ2) is 7.13. The predicted molar refractivity (Wildman–Crippen MR) is 64.6 cm³/mol. The Bertz CT molecular complexity index is 411. The number of aliphatic hydroxyl groups is 1. The number of carbonyl (C=O) groups is 1. The van der Waals surface area contributed by atoms with E-state index >= 15 is 0 Å². The van der Waals surface area contributed by atoms with Gasteiger partial charge in [0.2, 0.25) is 5.91 Å². The maximum Gasteiger partial charge on any atom is 0.237 e. The first kappa shape index (κ1) is 13.8. The van der Waals surface area contributed by atoms with E-state index in [1.807, 2.05) is 0 Å². The van der Waals surface area contributed by atoms with Crippen LogP contribution in [0.4, 0.5) is 10.1 Å². The maximum atomic E-state index is 13.2. The van der Waals surface area contributed by atoms with Gasteiger partial charge in [-0.05, 0) is 18.6 Å². The molecular weight excluding hydrogens is 245 g/mol. The van der Waals surface area contributed by atoms with Crippen LogP contribution in [0.15, 0.2) is 24.3 Å². The van der Waals surface area contributed by atoms with E-state index in [0.29, 0.717) is 6.42 Å². The Morgan fingerprint density at radius 2 is 2.12 bits per heavy atom. The predicted octanol–water partition coefficient (Wildman–Crippen LogP) is 0.895. The molecule has 17 heavy (non-hydrogen) atoms. The molecule has 0 saturated carbocycles. The first-order valence-electron chi connectivity index (χ1n) is 5.13. The summed E-state index contributed by atoms with van der Waals surface area (Å²) in [5.41, 5.74) is 0.0802. The van der Waals surface area contributed by atoms with Crippen molar-refractivity contribution in [1.82, 2.24) is 0 Å². The number of hydrogen-bond acceptors (Lipinski definition) is 3. The second-order valence-electron chi connectivity index (χ2n) is 3.39. The van der Waals surface area contributed by atoms with Gasteiger partial charge in [-0.1, -0.05) is 12.1 Å². The number of nitrogens with one attached hydrogen (secondary N) is 1. The molecule has 0 aliphatic heterocycles. The van der Waals surface area contributed by atoms with Gasteiger partial charge in [0.25, 0.3) is 0 Å². The quantitative estimate of drug-likeness (QED) is 0.797. The zero-order chi connectivity index (χ0) is 12.7. The van der Waals surface area contributed by atoms with Crippen molar-refractivity contribution < 1.29 is 18.5 Å². The molecule has 6 heteroatoms. The Hall–Kier alpha value is -1.27. The average Bonchev–Trinajstić information content (AvgIpc) is 2.29. The molecule has 0 fully saturated rings.